The summed E-state index contributed by atoms with van der Waals surface area (Å²) in [5.74, 6) is 0. The van der Waals surface area contributed by atoms with Crippen molar-refractivity contribution >= 4 is 17.2 Å². The maximum absolute atomic E-state index is 5.80. The van der Waals surface area contributed by atoms with Crippen LogP contribution < -0.4 is 5.73 Å². The Morgan fingerprint density at radius 2 is 2.00 bits per heavy atom. The molecule has 0 unspecified atom stereocenters. The predicted molar refractivity (Wildman–Crippen MR) is 84.3 cm³/mol. The molecule has 2 rings (SSSR count). The van der Waals surface area contributed by atoms with Crippen molar-refractivity contribution in [1.29, 1.82) is 0 Å². The zero-order chi connectivity index (χ0) is 14.0. The molecule has 1 aliphatic heterocycles. The van der Waals surface area contributed by atoms with Gasteiger partial charge in [-0.05, 0) is 26.5 Å². The van der Waals surface area contributed by atoms with Gasteiger partial charge in [-0.2, -0.15) is 0 Å². The Bertz CT molecular complexity index is 470. The minimum Gasteiger partial charge on any atom is -0.389 e. The minimum absolute atomic E-state index is 0.219. The zero-order valence-electron chi connectivity index (χ0n) is 12.0. The van der Waals surface area contributed by atoms with Gasteiger partial charge in [0, 0.05) is 37.3 Å². The predicted octanol–water partition coefficient (Wildman–Crippen LogP) is 1.85. The van der Waals surface area contributed by atoms with E-state index in [4.69, 9.17) is 18.0 Å². The normalized spacial score (nSPS) is 20.4. The van der Waals surface area contributed by atoms with Crippen molar-refractivity contribution in [3.8, 4) is 0 Å². The highest BCUT2D eigenvalue weighted by atomic mass is 32.1. The van der Waals surface area contributed by atoms with E-state index >= 15 is 0 Å². The summed E-state index contributed by atoms with van der Waals surface area (Å²) in [6.07, 6.45) is 0. The Hall–Kier alpha value is -0.970. The van der Waals surface area contributed by atoms with E-state index in [1.807, 2.05) is 12.1 Å². The van der Waals surface area contributed by atoms with Gasteiger partial charge >= 0.3 is 0 Å². The molecule has 4 heteroatoms. The first-order valence-electron chi connectivity index (χ1n) is 6.71. The summed E-state index contributed by atoms with van der Waals surface area (Å²) in [7, 11) is 2.19. The third-order valence-corrected chi connectivity index (χ3v) is 4.29. The summed E-state index contributed by atoms with van der Waals surface area (Å²) >= 11 is 5.13. The molecule has 2 N–H and O–H groups in total. The third kappa shape index (κ3) is 3.32. The van der Waals surface area contributed by atoms with E-state index in [0.29, 0.717) is 4.99 Å². The minimum atomic E-state index is 0.219. The Morgan fingerprint density at radius 3 is 2.63 bits per heavy atom. The molecule has 104 valence electrons. The Morgan fingerprint density at radius 1 is 1.32 bits per heavy atom. The van der Waals surface area contributed by atoms with Gasteiger partial charge in [-0.25, -0.2) is 0 Å². The van der Waals surface area contributed by atoms with Crippen molar-refractivity contribution in [3.05, 3.63) is 35.4 Å². The molecule has 0 spiro atoms. The van der Waals surface area contributed by atoms with Gasteiger partial charge in [-0.15, -0.1) is 0 Å². The molecule has 1 aromatic rings. The molecule has 0 aromatic heterocycles. The largest absolute Gasteiger partial charge is 0.389 e. The van der Waals surface area contributed by atoms with Crippen molar-refractivity contribution < 1.29 is 0 Å². The van der Waals surface area contributed by atoms with Gasteiger partial charge in [0.15, 0.2) is 0 Å². The van der Waals surface area contributed by atoms with E-state index in [9.17, 15) is 0 Å². The summed E-state index contributed by atoms with van der Waals surface area (Å²) in [4.78, 5) is 5.39. The van der Waals surface area contributed by atoms with Crippen LogP contribution in [0.1, 0.15) is 25.0 Å². The maximum atomic E-state index is 5.80. The van der Waals surface area contributed by atoms with Crippen LogP contribution >= 0.6 is 12.2 Å². The molecule has 1 fully saturated rings. The van der Waals surface area contributed by atoms with E-state index in [1.54, 1.807) is 0 Å². The van der Waals surface area contributed by atoms with Crippen LogP contribution in [0.2, 0.25) is 0 Å². The molecule has 1 saturated heterocycles. The van der Waals surface area contributed by atoms with Crippen LogP contribution in [0.5, 0.6) is 0 Å². The summed E-state index contributed by atoms with van der Waals surface area (Å²) in [5, 5.41) is 0. The van der Waals surface area contributed by atoms with Crippen LogP contribution in [0, 0.1) is 0 Å². The molecule has 1 aliphatic rings. The number of nitrogens with two attached hydrogens (primary N) is 1. The first kappa shape index (κ1) is 14.4. The van der Waals surface area contributed by atoms with Crippen molar-refractivity contribution in [2.24, 2.45) is 5.73 Å². The van der Waals surface area contributed by atoms with Crippen LogP contribution in [0.15, 0.2) is 24.3 Å². The molecule has 0 aliphatic carbocycles. The van der Waals surface area contributed by atoms with Gasteiger partial charge in [0.25, 0.3) is 0 Å². The maximum Gasteiger partial charge on any atom is 0.104 e. The monoisotopic (exact) mass is 277 g/mol. The highest BCUT2D eigenvalue weighted by Crippen LogP contribution is 2.21. The fraction of sp³-hybridized carbons (Fsp3) is 0.533. The standard InChI is InChI=1S/C15H23N3S/c1-15(2)11-18(9-8-17(15)3)10-12-6-4-5-7-13(12)14(16)19/h4-7H,8-11H2,1-3H3,(H2,16,19). The fourth-order valence-electron chi connectivity index (χ4n) is 2.62. The Balaban J connectivity index is 2.12. The average molecular weight is 277 g/mol. The number of piperazine rings is 1. The van der Waals surface area contributed by atoms with Gasteiger partial charge < -0.3 is 5.73 Å². The first-order chi connectivity index (χ1) is 8.90. The van der Waals surface area contributed by atoms with E-state index in [1.165, 1.54) is 5.56 Å². The Labute approximate surface area is 121 Å². The smallest absolute Gasteiger partial charge is 0.104 e. The summed E-state index contributed by atoms with van der Waals surface area (Å²) in [5.41, 5.74) is 8.26. The van der Waals surface area contributed by atoms with E-state index in [0.717, 1.165) is 31.7 Å². The fourth-order valence-corrected chi connectivity index (χ4v) is 2.81. The molecule has 1 aromatic carbocycles. The topological polar surface area (TPSA) is 32.5 Å². The number of likely N-dealkylation sites (N-methyl/N-ethyl adjacent to an activating group) is 1. The second-order valence-corrected chi connectivity index (χ2v) is 6.41. The van der Waals surface area contributed by atoms with E-state index < -0.39 is 0 Å². The number of nitrogens with zero attached hydrogens (tertiary/aromatic N) is 2. The molecular formula is C15H23N3S. The highest BCUT2D eigenvalue weighted by Gasteiger charge is 2.31. The summed E-state index contributed by atoms with van der Waals surface area (Å²) in [6.45, 7) is 8.76. The van der Waals surface area contributed by atoms with Gasteiger partial charge in [0.2, 0.25) is 0 Å². The second-order valence-electron chi connectivity index (χ2n) is 5.97. The lowest BCUT2D eigenvalue weighted by atomic mass is 9.98. The molecular weight excluding hydrogens is 254 g/mol. The lowest BCUT2D eigenvalue weighted by molar-refractivity contribution is 0.0360. The van der Waals surface area contributed by atoms with Crippen molar-refractivity contribution in [2.45, 2.75) is 25.9 Å². The molecule has 0 atom stereocenters. The number of rotatable bonds is 3. The summed E-state index contributed by atoms with van der Waals surface area (Å²) < 4.78 is 0. The number of thiocarbonyl (C=S) groups is 1. The van der Waals surface area contributed by atoms with Crippen molar-refractivity contribution in [1.82, 2.24) is 9.80 Å². The third-order valence-electron chi connectivity index (χ3n) is 4.07. The van der Waals surface area contributed by atoms with Gasteiger partial charge in [-0.1, -0.05) is 36.5 Å². The molecule has 0 bridgehead atoms. The molecule has 0 radical (unpaired) electrons. The quantitative estimate of drug-likeness (QED) is 0.855. The van der Waals surface area contributed by atoms with E-state index in [-0.39, 0.29) is 5.54 Å². The van der Waals surface area contributed by atoms with Crippen LogP contribution in [0.3, 0.4) is 0 Å². The van der Waals surface area contributed by atoms with Crippen molar-refractivity contribution in [2.75, 3.05) is 26.7 Å². The number of benzene rings is 1. The van der Waals surface area contributed by atoms with E-state index in [2.05, 4.69) is 42.8 Å². The molecule has 0 saturated carbocycles. The van der Waals surface area contributed by atoms with Gasteiger partial charge in [0.05, 0.1) is 0 Å². The highest BCUT2D eigenvalue weighted by molar-refractivity contribution is 7.80. The number of hydrogen-bond donors (Lipinski definition) is 1. The van der Waals surface area contributed by atoms with Crippen LogP contribution in [-0.2, 0) is 6.54 Å². The Kier molecular flexibility index (Phi) is 4.23. The lowest BCUT2D eigenvalue weighted by Crippen LogP contribution is -2.57. The van der Waals surface area contributed by atoms with Crippen LogP contribution in [0.4, 0.5) is 0 Å². The van der Waals surface area contributed by atoms with Gasteiger partial charge in [-0.3, -0.25) is 9.80 Å². The summed E-state index contributed by atoms with van der Waals surface area (Å²) in [6, 6.07) is 8.18. The SMILES string of the molecule is CN1CCN(Cc2ccccc2C(N)=S)CC1(C)C. The second kappa shape index (κ2) is 5.57. The van der Waals surface area contributed by atoms with Crippen molar-refractivity contribution in [3.63, 3.8) is 0 Å². The average Bonchev–Trinajstić information content (AvgIpc) is 2.34. The molecule has 19 heavy (non-hydrogen) atoms. The van der Waals surface area contributed by atoms with Gasteiger partial charge in [0.1, 0.15) is 4.99 Å². The molecule has 0 amide bonds. The lowest BCUT2D eigenvalue weighted by Gasteiger charge is -2.45. The van der Waals surface area contributed by atoms with Crippen LogP contribution in [0.25, 0.3) is 0 Å². The molecule has 1 heterocycles. The number of hydrogen-bond acceptors (Lipinski definition) is 3. The first-order valence-corrected chi connectivity index (χ1v) is 7.12. The zero-order valence-corrected chi connectivity index (χ0v) is 12.8. The molecule has 3 nitrogen and oxygen atoms in total. The van der Waals surface area contributed by atoms with Crippen LogP contribution in [-0.4, -0.2) is 47.0 Å².